The molecule has 1 heterocycles. The van der Waals surface area contributed by atoms with Gasteiger partial charge in [-0.05, 0) is 12.1 Å². The Kier molecular flexibility index (Phi) is 4.05. The lowest BCUT2D eigenvalue weighted by Crippen LogP contribution is -2.26. The molecule has 0 saturated heterocycles. The molecule has 2 rings (SSSR count). The molecule has 1 aromatic carbocycles. The van der Waals surface area contributed by atoms with Gasteiger partial charge in [-0.2, -0.15) is 5.10 Å². The van der Waals surface area contributed by atoms with E-state index in [2.05, 4.69) is 14.9 Å². The molecular formula is C13H12ClN3O3. The van der Waals surface area contributed by atoms with Crippen molar-refractivity contribution in [2.45, 2.75) is 0 Å². The summed E-state index contributed by atoms with van der Waals surface area (Å²) in [6.07, 6.45) is 0. The fourth-order valence-corrected chi connectivity index (χ4v) is 1.83. The van der Waals surface area contributed by atoms with E-state index in [4.69, 9.17) is 11.6 Å². The van der Waals surface area contributed by atoms with E-state index < -0.39 is 5.97 Å². The van der Waals surface area contributed by atoms with Crippen molar-refractivity contribution < 1.29 is 14.3 Å². The molecule has 0 aliphatic rings. The minimum absolute atomic E-state index is 0.168. The van der Waals surface area contributed by atoms with Crippen molar-refractivity contribution in [2.24, 2.45) is 0 Å². The number of ether oxygens (including phenoxy) is 1. The van der Waals surface area contributed by atoms with Crippen molar-refractivity contribution in [1.29, 1.82) is 0 Å². The Morgan fingerprint density at radius 3 is 2.70 bits per heavy atom. The third kappa shape index (κ3) is 2.65. The number of nitrogens with zero attached hydrogens (tertiary/aromatic N) is 2. The highest BCUT2D eigenvalue weighted by Crippen LogP contribution is 2.20. The average Bonchev–Trinajstić information content (AvgIpc) is 2.95. The molecule has 0 fully saturated rings. The number of rotatable bonds is 3. The number of benzene rings is 1. The average molecular weight is 294 g/mol. The van der Waals surface area contributed by atoms with Crippen LogP contribution in [0.2, 0.25) is 5.02 Å². The van der Waals surface area contributed by atoms with Gasteiger partial charge in [-0.3, -0.25) is 14.8 Å². The maximum atomic E-state index is 12.3. The van der Waals surface area contributed by atoms with Crippen LogP contribution in [-0.2, 0) is 4.74 Å². The van der Waals surface area contributed by atoms with Gasteiger partial charge in [0, 0.05) is 13.1 Å². The fourth-order valence-electron chi connectivity index (χ4n) is 1.62. The van der Waals surface area contributed by atoms with Crippen LogP contribution in [0.4, 0.5) is 5.82 Å². The summed E-state index contributed by atoms with van der Waals surface area (Å²) in [6.45, 7) is 0. The number of carbonyl (C=O) groups excluding carboxylic acids is 2. The normalized spacial score (nSPS) is 10.2. The number of aromatic nitrogens is 2. The summed E-state index contributed by atoms with van der Waals surface area (Å²) >= 11 is 5.98. The molecule has 1 N–H and O–H groups in total. The largest absolute Gasteiger partial charge is 0.464 e. The van der Waals surface area contributed by atoms with Gasteiger partial charge in [-0.25, -0.2) is 4.79 Å². The van der Waals surface area contributed by atoms with E-state index in [1.807, 2.05) is 0 Å². The number of aromatic amines is 1. The first-order chi connectivity index (χ1) is 9.54. The quantitative estimate of drug-likeness (QED) is 0.880. The number of esters is 1. The number of hydrogen-bond acceptors (Lipinski definition) is 4. The SMILES string of the molecule is COC(=O)c1cc(N(C)C(=O)c2ccccc2Cl)n[nH]1. The molecule has 6 nitrogen and oxygen atoms in total. The van der Waals surface area contributed by atoms with E-state index >= 15 is 0 Å². The Hall–Kier alpha value is -2.34. The second kappa shape index (κ2) is 5.75. The number of nitrogens with one attached hydrogen (secondary N) is 1. The standard InChI is InChI=1S/C13H12ClN3O3/c1-17(11-7-10(15-16-11)13(19)20-2)12(18)8-5-3-4-6-9(8)14/h3-7H,1-2H3,(H,15,16). The van der Waals surface area contributed by atoms with Crippen molar-refractivity contribution in [3.05, 3.63) is 46.6 Å². The minimum Gasteiger partial charge on any atom is -0.464 e. The highest BCUT2D eigenvalue weighted by atomic mass is 35.5. The Labute approximate surface area is 120 Å². The molecule has 2 aromatic rings. The van der Waals surface area contributed by atoms with E-state index in [9.17, 15) is 9.59 Å². The second-order valence-electron chi connectivity index (χ2n) is 3.98. The van der Waals surface area contributed by atoms with Crippen LogP contribution in [0.25, 0.3) is 0 Å². The molecule has 0 saturated carbocycles. The predicted molar refractivity (Wildman–Crippen MR) is 74.1 cm³/mol. The molecule has 0 radical (unpaired) electrons. The van der Waals surface area contributed by atoms with Gasteiger partial charge in [0.05, 0.1) is 17.7 Å². The number of halogens is 1. The maximum Gasteiger partial charge on any atom is 0.356 e. The summed E-state index contributed by atoms with van der Waals surface area (Å²) in [7, 11) is 2.81. The van der Waals surface area contributed by atoms with Gasteiger partial charge in [0.2, 0.25) is 0 Å². The third-order valence-corrected chi connectivity index (χ3v) is 3.05. The molecule has 20 heavy (non-hydrogen) atoms. The van der Waals surface area contributed by atoms with Crippen molar-refractivity contribution in [3.63, 3.8) is 0 Å². The first kappa shape index (κ1) is 14.1. The second-order valence-corrected chi connectivity index (χ2v) is 4.38. The topological polar surface area (TPSA) is 75.3 Å². The first-order valence-corrected chi connectivity index (χ1v) is 6.08. The Morgan fingerprint density at radius 1 is 1.35 bits per heavy atom. The summed E-state index contributed by atoms with van der Waals surface area (Å²) in [4.78, 5) is 24.9. The van der Waals surface area contributed by atoms with Crippen molar-refractivity contribution in [1.82, 2.24) is 10.2 Å². The highest BCUT2D eigenvalue weighted by Gasteiger charge is 2.19. The zero-order valence-electron chi connectivity index (χ0n) is 10.9. The molecule has 0 unspecified atom stereocenters. The Balaban J connectivity index is 2.25. The van der Waals surface area contributed by atoms with Crippen molar-refractivity contribution >= 4 is 29.3 Å². The smallest absolute Gasteiger partial charge is 0.356 e. The van der Waals surface area contributed by atoms with Gasteiger partial charge in [0.15, 0.2) is 5.82 Å². The molecule has 0 spiro atoms. The highest BCUT2D eigenvalue weighted by molar-refractivity contribution is 6.34. The van der Waals surface area contributed by atoms with Crippen LogP contribution in [0.1, 0.15) is 20.8 Å². The number of methoxy groups -OCH3 is 1. The minimum atomic E-state index is -0.553. The van der Waals surface area contributed by atoms with Gasteiger partial charge in [-0.15, -0.1) is 0 Å². The molecule has 0 bridgehead atoms. The van der Waals surface area contributed by atoms with Crippen LogP contribution in [0, 0.1) is 0 Å². The van der Waals surface area contributed by atoms with E-state index in [-0.39, 0.29) is 11.6 Å². The van der Waals surface area contributed by atoms with E-state index in [1.165, 1.54) is 18.1 Å². The monoisotopic (exact) mass is 293 g/mol. The van der Waals surface area contributed by atoms with Gasteiger partial charge in [-0.1, -0.05) is 23.7 Å². The summed E-state index contributed by atoms with van der Waals surface area (Å²) in [5, 5.41) is 6.76. The number of anilines is 1. The lowest BCUT2D eigenvalue weighted by molar-refractivity contribution is 0.0594. The molecule has 104 valence electrons. The van der Waals surface area contributed by atoms with Crippen LogP contribution in [0.15, 0.2) is 30.3 Å². The first-order valence-electron chi connectivity index (χ1n) is 5.71. The molecule has 1 aromatic heterocycles. The zero-order chi connectivity index (χ0) is 14.7. The summed E-state index contributed by atoms with van der Waals surface area (Å²) < 4.78 is 4.56. The number of hydrogen-bond donors (Lipinski definition) is 1. The Bertz CT molecular complexity index is 654. The lowest BCUT2D eigenvalue weighted by Gasteiger charge is -2.14. The summed E-state index contributed by atoms with van der Waals surface area (Å²) in [6, 6.07) is 8.14. The molecule has 7 heteroatoms. The predicted octanol–water partition coefficient (Wildman–Crippen LogP) is 2.13. The molecular weight excluding hydrogens is 282 g/mol. The van der Waals surface area contributed by atoms with Crippen LogP contribution >= 0.6 is 11.6 Å². The zero-order valence-corrected chi connectivity index (χ0v) is 11.6. The van der Waals surface area contributed by atoms with Gasteiger partial charge in [0.1, 0.15) is 5.69 Å². The maximum absolute atomic E-state index is 12.3. The third-order valence-electron chi connectivity index (χ3n) is 2.72. The van der Waals surface area contributed by atoms with E-state index in [1.54, 1.807) is 31.3 Å². The molecule has 0 atom stereocenters. The van der Waals surface area contributed by atoms with Crippen LogP contribution in [0.5, 0.6) is 0 Å². The number of amides is 1. The van der Waals surface area contributed by atoms with E-state index in [0.29, 0.717) is 16.4 Å². The Morgan fingerprint density at radius 2 is 2.05 bits per heavy atom. The molecule has 1 amide bonds. The lowest BCUT2D eigenvalue weighted by atomic mass is 10.2. The number of H-pyrrole nitrogens is 1. The van der Waals surface area contributed by atoms with Gasteiger partial charge in [0.25, 0.3) is 5.91 Å². The fraction of sp³-hybridized carbons (Fsp3) is 0.154. The molecule has 0 aliphatic carbocycles. The van der Waals surface area contributed by atoms with Gasteiger partial charge < -0.3 is 4.74 Å². The number of carbonyl (C=O) groups is 2. The summed E-state index contributed by atoms with van der Waals surface area (Å²) in [5.41, 5.74) is 0.528. The van der Waals surface area contributed by atoms with Crippen LogP contribution in [0.3, 0.4) is 0 Å². The van der Waals surface area contributed by atoms with Crippen LogP contribution in [-0.4, -0.2) is 36.2 Å². The van der Waals surface area contributed by atoms with Crippen molar-refractivity contribution in [3.8, 4) is 0 Å². The van der Waals surface area contributed by atoms with E-state index in [0.717, 1.165) is 0 Å². The molecule has 0 aliphatic heterocycles. The van der Waals surface area contributed by atoms with Crippen molar-refractivity contribution in [2.75, 3.05) is 19.1 Å². The summed E-state index contributed by atoms with van der Waals surface area (Å²) in [5.74, 6) is -0.573. The van der Waals surface area contributed by atoms with Gasteiger partial charge >= 0.3 is 5.97 Å². The van der Waals surface area contributed by atoms with Crippen LogP contribution < -0.4 is 4.90 Å².